The minimum Gasteiger partial charge on any atom is -0.465 e. The second kappa shape index (κ2) is 9.78. The molecule has 0 aliphatic heterocycles. The van der Waals surface area contributed by atoms with E-state index in [1.807, 2.05) is 0 Å². The highest BCUT2D eigenvalue weighted by atomic mass is 16.5. The van der Waals surface area contributed by atoms with Gasteiger partial charge < -0.3 is 20.3 Å². The molecule has 0 aromatic heterocycles. The lowest BCUT2D eigenvalue weighted by molar-refractivity contribution is 0.0600. The van der Waals surface area contributed by atoms with Gasteiger partial charge in [0.25, 0.3) is 0 Å². The molecule has 0 spiro atoms. The third-order valence-corrected chi connectivity index (χ3v) is 3.37. The van der Waals surface area contributed by atoms with Crippen LogP contribution in [0.15, 0.2) is 24.3 Å². The van der Waals surface area contributed by atoms with Crippen molar-refractivity contribution in [2.24, 2.45) is 0 Å². The predicted octanol–water partition coefficient (Wildman–Crippen LogP) is 2.33. The third-order valence-electron chi connectivity index (χ3n) is 3.37. The maximum Gasteiger partial charge on any atom is 0.337 e. The lowest BCUT2D eigenvalue weighted by Crippen LogP contribution is -2.32. The SMILES string of the molecule is CCN(CC)CCCNC(=O)Nc1cccc(C(=O)OC)c1. The summed E-state index contributed by atoms with van der Waals surface area (Å²) in [6, 6.07) is 6.37. The van der Waals surface area contributed by atoms with Gasteiger partial charge in [-0.1, -0.05) is 19.9 Å². The summed E-state index contributed by atoms with van der Waals surface area (Å²) in [4.78, 5) is 25.5. The van der Waals surface area contributed by atoms with E-state index in [0.29, 0.717) is 17.8 Å². The minimum absolute atomic E-state index is 0.276. The van der Waals surface area contributed by atoms with Gasteiger partial charge in [0.2, 0.25) is 0 Å². The van der Waals surface area contributed by atoms with Crippen LogP contribution < -0.4 is 10.6 Å². The molecule has 0 aliphatic carbocycles. The van der Waals surface area contributed by atoms with Gasteiger partial charge in [-0.3, -0.25) is 0 Å². The van der Waals surface area contributed by atoms with Crippen molar-refractivity contribution >= 4 is 17.7 Å². The van der Waals surface area contributed by atoms with Gasteiger partial charge in [0.05, 0.1) is 12.7 Å². The molecule has 0 unspecified atom stereocenters. The number of nitrogens with zero attached hydrogens (tertiary/aromatic N) is 1. The van der Waals surface area contributed by atoms with Gasteiger partial charge in [-0.25, -0.2) is 9.59 Å². The number of hydrogen-bond acceptors (Lipinski definition) is 4. The van der Waals surface area contributed by atoms with Crippen LogP contribution >= 0.6 is 0 Å². The summed E-state index contributed by atoms with van der Waals surface area (Å²) in [6.07, 6.45) is 0.900. The highest BCUT2D eigenvalue weighted by Crippen LogP contribution is 2.11. The van der Waals surface area contributed by atoms with Crippen molar-refractivity contribution in [1.29, 1.82) is 0 Å². The van der Waals surface area contributed by atoms with E-state index in [1.165, 1.54) is 7.11 Å². The zero-order valence-corrected chi connectivity index (χ0v) is 13.5. The van der Waals surface area contributed by atoms with Crippen molar-refractivity contribution < 1.29 is 14.3 Å². The number of carbonyl (C=O) groups excluding carboxylic acids is 2. The van der Waals surface area contributed by atoms with Gasteiger partial charge in [-0.15, -0.1) is 0 Å². The number of urea groups is 1. The first kappa shape index (κ1) is 18.0. The average Bonchev–Trinajstić information content (AvgIpc) is 2.54. The standard InChI is InChI=1S/C16H25N3O3/c1-4-19(5-2)11-7-10-17-16(21)18-14-9-6-8-13(12-14)15(20)22-3/h6,8-9,12H,4-5,7,10-11H2,1-3H3,(H2,17,18,21). The van der Waals surface area contributed by atoms with Crippen LogP contribution in [-0.4, -0.2) is 50.2 Å². The Balaban J connectivity index is 2.37. The van der Waals surface area contributed by atoms with Gasteiger partial charge >= 0.3 is 12.0 Å². The molecule has 1 aromatic carbocycles. The Morgan fingerprint density at radius 1 is 1.23 bits per heavy atom. The molecule has 6 nitrogen and oxygen atoms in total. The molecule has 0 radical (unpaired) electrons. The molecule has 6 heteroatoms. The van der Waals surface area contributed by atoms with Crippen LogP contribution in [0.25, 0.3) is 0 Å². The van der Waals surface area contributed by atoms with E-state index >= 15 is 0 Å². The van der Waals surface area contributed by atoms with E-state index in [0.717, 1.165) is 26.1 Å². The number of anilines is 1. The van der Waals surface area contributed by atoms with Gasteiger partial charge in [-0.05, 0) is 44.3 Å². The Morgan fingerprint density at radius 2 is 1.95 bits per heavy atom. The number of benzene rings is 1. The van der Waals surface area contributed by atoms with Crippen molar-refractivity contribution in [3.05, 3.63) is 29.8 Å². The number of amides is 2. The zero-order valence-electron chi connectivity index (χ0n) is 13.5. The molecule has 0 saturated carbocycles. The van der Waals surface area contributed by atoms with Crippen molar-refractivity contribution in [3.8, 4) is 0 Å². The first-order chi connectivity index (χ1) is 10.6. The summed E-state index contributed by atoms with van der Waals surface area (Å²) >= 11 is 0. The quantitative estimate of drug-likeness (QED) is 0.571. The second-order valence-electron chi connectivity index (χ2n) is 4.83. The molecule has 2 amide bonds. The highest BCUT2D eigenvalue weighted by molar-refractivity contribution is 5.93. The van der Waals surface area contributed by atoms with Crippen molar-refractivity contribution in [2.75, 3.05) is 38.6 Å². The number of esters is 1. The van der Waals surface area contributed by atoms with Gasteiger partial charge in [-0.2, -0.15) is 0 Å². The maximum atomic E-state index is 11.8. The fourth-order valence-electron chi connectivity index (χ4n) is 2.06. The molecule has 1 rings (SSSR count). The van der Waals surface area contributed by atoms with Crippen molar-refractivity contribution in [3.63, 3.8) is 0 Å². The third kappa shape index (κ3) is 6.13. The van der Waals surface area contributed by atoms with Gasteiger partial charge in [0, 0.05) is 12.2 Å². The highest BCUT2D eigenvalue weighted by Gasteiger charge is 2.07. The Labute approximate surface area is 131 Å². The molecule has 0 fully saturated rings. The largest absolute Gasteiger partial charge is 0.465 e. The molecule has 1 aromatic rings. The van der Waals surface area contributed by atoms with E-state index in [-0.39, 0.29) is 6.03 Å². The van der Waals surface area contributed by atoms with Crippen molar-refractivity contribution in [1.82, 2.24) is 10.2 Å². The fourth-order valence-corrected chi connectivity index (χ4v) is 2.06. The smallest absolute Gasteiger partial charge is 0.337 e. The maximum absolute atomic E-state index is 11.8. The van der Waals surface area contributed by atoms with Crippen molar-refractivity contribution in [2.45, 2.75) is 20.3 Å². The summed E-state index contributed by atoms with van der Waals surface area (Å²) in [5.41, 5.74) is 0.964. The minimum atomic E-state index is -0.428. The number of ether oxygens (including phenoxy) is 1. The Morgan fingerprint density at radius 3 is 2.59 bits per heavy atom. The molecular weight excluding hydrogens is 282 g/mol. The molecule has 0 bridgehead atoms. The molecular formula is C16H25N3O3. The normalized spacial score (nSPS) is 10.4. The summed E-state index contributed by atoms with van der Waals surface area (Å²) in [5, 5.41) is 5.51. The molecule has 0 saturated heterocycles. The first-order valence-electron chi connectivity index (χ1n) is 7.56. The topological polar surface area (TPSA) is 70.7 Å². The molecule has 22 heavy (non-hydrogen) atoms. The van der Waals surface area contributed by atoms with E-state index in [2.05, 4.69) is 34.1 Å². The first-order valence-corrected chi connectivity index (χ1v) is 7.56. The summed E-state index contributed by atoms with van der Waals surface area (Å²) < 4.78 is 4.65. The average molecular weight is 307 g/mol. The molecule has 0 atom stereocenters. The summed E-state index contributed by atoms with van der Waals surface area (Å²) in [5.74, 6) is -0.428. The van der Waals surface area contributed by atoms with Crippen LogP contribution in [0.1, 0.15) is 30.6 Å². The Hall–Kier alpha value is -2.08. The summed E-state index contributed by atoms with van der Waals surface area (Å²) in [7, 11) is 1.32. The number of hydrogen-bond donors (Lipinski definition) is 2. The van der Waals surface area contributed by atoms with E-state index in [9.17, 15) is 9.59 Å². The van der Waals surface area contributed by atoms with E-state index in [1.54, 1.807) is 24.3 Å². The van der Waals surface area contributed by atoms with Gasteiger partial charge in [0.1, 0.15) is 0 Å². The van der Waals surface area contributed by atoms with Gasteiger partial charge in [0.15, 0.2) is 0 Å². The van der Waals surface area contributed by atoms with Crippen LogP contribution in [0.3, 0.4) is 0 Å². The molecule has 0 aliphatic rings. The van der Waals surface area contributed by atoms with Crippen LogP contribution in [0.4, 0.5) is 10.5 Å². The number of methoxy groups -OCH3 is 1. The zero-order chi connectivity index (χ0) is 16.4. The van der Waals surface area contributed by atoms with E-state index < -0.39 is 5.97 Å². The van der Waals surface area contributed by atoms with E-state index in [4.69, 9.17) is 0 Å². The molecule has 0 heterocycles. The lowest BCUT2D eigenvalue weighted by atomic mass is 10.2. The second-order valence-corrected chi connectivity index (χ2v) is 4.83. The molecule has 122 valence electrons. The molecule has 2 N–H and O–H groups in total. The predicted molar refractivity (Wildman–Crippen MR) is 87.2 cm³/mol. The Bertz CT molecular complexity index is 487. The van der Waals surface area contributed by atoms with Crippen LogP contribution in [-0.2, 0) is 4.74 Å². The van der Waals surface area contributed by atoms with Crippen LogP contribution in [0.2, 0.25) is 0 Å². The number of nitrogens with one attached hydrogen (secondary N) is 2. The number of rotatable bonds is 8. The van der Waals surface area contributed by atoms with Crippen LogP contribution in [0.5, 0.6) is 0 Å². The monoisotopic (exact) mass is 307 g/mol. The Kier molecular flexibility index (Phi) is 7.99. The lowest BCUT2D eigenvalue weighted by Gasteiger charge is -2.17. The fraction of sp³-hybridized carbons (Fsp3) is 0.500. The number of carbonyl (C=O) groups is 2. The summed E-state index contributed by atoms with van der Waals surface area (Å²) in [6.45, 7) is 7.85. The van der Waals surface area contributed by atoms with Crippen LogP contribution in [0, 0.1) is 0 Å².